The van der Waals surface area contributed by atoms with Gasteiger partial charge < -0.3 is 0 Å². The number of hydrogen-bond acceptors (Lipinski definition) is 2. The fraction of sp³-hybridized carbons (Fsp3) is 0. The molecule has 0 N–H and O–H groups in total. The van der Waals surface area contributed by atoms with Gasteiger partial charge >= 0.3 is 63.2 Å². The summed E-state index contributed by atoms with van der Waals surface area (Å²) < 4.78 is 4.34. The second-order valence-electron chi connectivity index (χ2n) is 0.837. The normalized spacial score (nSPS) is 7.86. The first-order chi connectivity index (χ1) is 3.18. The van der Waals surface area contributed by atoms with Gasteiger partial charge in [0, 0.05) is 0 Å². The van der Waals surface area contributed by atoms with Gasteiger partial charge in [0.05, 0.1) is 0 Å². The Balaban J connectivity index is 3.58. The van der Waals surface area contributed by atoms with E-state index < -0.39 is 5.97 Å². The standard InChI is InChI=1S/C3H3ClO2.Hg/c1-2(4)3(5)6;/h1H2,(H,5,6);/q;+1/p-1. The van der Waals surface area contributed by atoms with Gasteiger partial charge in [0.1, 0.15) is 0 Å². The maximum absolute atomic E-state index is 10.1. The van der Waals surface area contributed by atoms with Gasteiger partial charge in [-0.05, 0) is 0 Å². The third-order valence-corrected chi connectivity index (χ3v) is 1.53. The Morgan fingerprint density at radius 2 is 2.29 bits per heavy atom. The summed E-state index contributed by atoms with van der Waals surface area (Å²) in [5, 5.41) is -0.0463. The van der Waals surface area contributed by atoms with Gasteiger partial charge in [-0.25, -0.2) is 0 Å². The van der Waals surface area contributed by atoms with Crippen LogP contribution in [0.1, 0.15) is 0 Å². The van der Waals surface area contributed by atoms with Crippen molar-refractivity contribution < 1.29 is 34.0 Å². The summed E-state index contributed by atoms with van der Waals surface area (Å²) in [5.41, 5.74) is 0. The van der Waals surface area contributed by atoms with Crippen LogP contribution in [0.3, 0.4) is 0 Å². The van der Waals surface area contributed by atoms with Gasteiger partial charge in [-0.3, -0.25) is 0 Å². The number of hydrogen-bond donors (Lipinski definition) is 0. The van der Waals surface area contributed by atoms with E-state index in [1.807, 2.05) is 0 Å². The van der Waals surface area contributed by atoms with E-state index in [0.29, 0.717) is 0 Å². The molecule has 0 aromatic carbocycles. The van der Waals surface area contributed by atoms with Crippen molar-refractivity contribution >= 4 is 17.6 Å². The summed E-state index contributed by atoms with van der Waals surface area (Å²) in [5.74, 6) is -0.495. The SMILES string of the molecule is C=C(Cl)C(=O)[O][Hg]. The Kier molecular flexibility index (Phi) is 3.65. The Bertz CT molecular complexity index is 101. The molecule has 0 atom stereocenters. The first-order valence-corrected chi connectivity index (χ1v) is 4.11. The molecule has 0 aromatic rings. The molecular weight excluding hydrogens is 304 g/mol. The van der Waals surface area contributed by atoms with Crippen LogP contribution < -0.4 is 0 Å². The van der Waals surface area contributed by atoms with Crippen LogP contribution in [-0.2, 0) is 34.0 Å². The van der Waals surface area contributed by atoms with Crippen molar-refractivity contribution in [3.8, 4) is 0 Å². The van der Waals surface area contributed by atoms with Crippen LogP contribution in [0.25, 0.3) is 0 Å². The third kappa shape index (κ3) is 3.06. The molecule has 0 saturated carbocycles. The molecule has 0 bridgehead atoms. The molecule has 2 nitrogen and oxygen atoms in total. The van der Waals surface area contributed by atoms with E-state index in [1.54, 1.807) is 0 Å². The molecule has 0 amide bonds. The van der Waals surface area contributed by atoms with Crippen LogP contribution in [0.4, 0.5) is 0 Å². The van der Waals surface area contributed by atoms with Crippen LogP contribution >= 0.6 is 11.6 Å². The summed E-state index contributed by atoms with van der Waals surface area (Å²) in [6.07, 6.45) is 0. The molecule has 7 heavy (non-hydrogen) atoms. The van der Waals surface area contributed by atoms with E-state index in [1.165, 1.54) is 0 Å². The van der Waals surface area contributed by atoms with Crippen molar-refractivity contribution in [3.05, 3.63) is 11.6 Å². The minimum absolute atomic E-state index is 0.0278. The van der Waals surface area contributed by atoms with Crippen LogP contribution in [0.2, 0.25) is 0 Å². The molecule has 0 unspecified atom stereocenters. The summed E-state index contributed by atoms with van der Waals surface area (Å²) in [6, 6.07) is 0. The van der Waals surface area contributed by atoms with E-state index in [2.05, 4.69) is 9.22 Å². The predicted octanol–water partition coefficient (Wildman–Crippen LogP) is 0.744. The van der Waals surface area contributed by atoms with Gasteiger partial charge in [0.15, 0.2) is 0 Å². The van der Waals surface area contributed by atoms with Crippen LogP contribution in [0.5, 0.6) is 0 Å². The number of carbonyl (C=O) groups is 1. The zero-order valence-electron chi connectivity index (χ0n) is 3.61. The Morgan fingerprint density at radius 1 is 1.86 bits per heavy atom. The molecule has 0 aliphatic rings. The molecule has 0 fully saturated rings. The quantitative estimate of drug-likeness (QED) is 0.528. The minimum atomic E-state index is -0.495. The van der Waals surface area contributed by atoms with Crippen molar-refractivity contribution in [1.29, 1.82) is 0 Å². The number of rotatable bonds is 1. The molecule has 0 aliphatic heterocycles. The Labute approximate surface area is 63.1 Å². The molecule has 0 heterocycles. The fourth-order valence-electron chi connectivity index (χ4n) is 0.0783. The van der Waals surface area contributed by atoms with Crippen molar-refractivity contribution in [2.24, 2.45) is 0 Å². The third-order valence-electron chi connectivity index (χ3n) is 0.353. The molecular formula is C3H2ClHgO2. The van der Waals surface area contributed by atoms with Crippen LogP contribution in [0, 0.1) is 0 Å². The second-order valence-corrected chi connectivity index (χ2v) is 2.42. The Morgan fingerprint density at radius 3 is 2.29 bits per heavy atom. The van der Waals surface area contributed by atoms with E-state index in [9.17, 15) is 4.79 Å². The van der Waals surface area contributed by atoms with E-state index in [0.717, 1.165) is 0 Å². The van der Waals surface area contributed by atoms with Gasteiger partial charge in [0.2, 0.25) is 0 Å². The zero-order chi connectivity index (χ0) is 5.86. The first-order valence-electron chi connectivity index (χ1n) is 1.49. The maximum atomic E-state index is 10.1. The summed E-state index contributed by atoms with van der Waals surface area (Å²) in [6.45, 7) is 3.15. The first kappa shape index (κ1) is 7.44. The summed E-state index contributed by atoms with van der Waals surface area (Å²) in [4.78, 5) is 10.1. The molecule has 0 spiro atoms. The predicted molar refractivity (Wildman–Crippen MR) is 21.1 cm³/mol. The average molecular weight is 306 g/mol. The number of carbonyl (C=O) groups excluding carboxylic acids is 1. The average Bonchev–Trinajstić information content (AvgIpc) is 1.65. The van der Waals surface area contributed by atoms with Gasteiger partial charge in [-0.15, -0.1) is 0 Å². The van der Waals surface area contributed by atoms with Crippen LogP contribution in [-0.4, -0.2) is 5.97 Å². The zero-order valence-corrected chi connectivity index (χ0v) is 9.86. The molecule has 0 aromatic heterocycles. The van der Waals surface area contributed by atoms with E-state index in [4.69, 9.17) is 11.6 Å². The molecule has 0 saturated heterocycles. The van der Waals surface area contributed by atoms with Crippen LogP contribution in [0.15, 0.2) is 11.6 Å². The molecule has 4 heteroatoms. The van der Waals surface area contributed by atoms with Crippen molar-refractivity contribution in [3.63, 3.8) is 0 Å². The molecule has 0 rings (SSSR count). The Hall–Kier alpha value is 0.435. The fourth-order valence-corrected chi connectivity index (χ4v) is 1.17. The topological polar surface area (TPSA) is 26.3 Å². The van der Waals surface area contributed by atoms with Crippen molar-refractivity contribution in [2.45, 2.75) is 0 Å². The van der Waals surface area contributed by atoms with Gasteiger partial charge in [0.25, 0.3) is 0 Å². The van der Waals surface area contributed by atoms with E-state index in [-0.39, 0.29) is 31.6 Å². The van der Waals surface area contributed by atoms with Crippen molar-refractivity contribution in [1.82, 2.24) is 0 Å². The van der Waals surface area contributed by atoms with Gasteiger partial charge in [-0.1, -0.05) is 0 Å². The monoisotopic (exact) mass is 307 g/mol. The van der Waals surface area contributed by atoms with Crippen molar-refractivity contribution in [2.75, 3.05) is 0 Å². The summed E-state index contributed by atoms with van der Waals surface area (Å²) in [7, 11) is 0. The number of halogens is 1. The van der Waals surface area contributed by atoms with E-state index >= 15 is 0 Å². The summed E-state index contributed by atoms with van der Waals surface area (Å²) >= 11 is 5.12. The molecule has 0 aliphatic carbocycles. The molecule has 35 valence electrons. The van der Waals surface area contributed by atoms with Gasteiger partial charge in [-0.2, -0.15) is 0 Å². The second kappa shape index (κ2) is 3.44. The molecule has 0 radical (unpaired) electrons.